The fraction of sp³-hybridized carbons (Fsp3) is 0.636. The van der Waals surface area contributed by atoms with Crippen LogP contribution in [0.15, 0.2) is 12.3 Å². The van der Waals surface area contributed by atoms with Gasteiger partial charge >= 0.3 is 0 Å². The summed E-state index contributed by atoms with van der Waals surface area (Å²) in [5, 5.41) is 7.27. The zero-order valence-electron chi connectivity index (χ0n) is 9.49. The second-order valence-electron chi connectivity index (χ2n) is 3.47. The summed E-state index contributed by atoms with van der Waals surface area (Å²) in [6.45, 7) is 6.57. The van der Waals surface area contributed by atoms with Crippen molar-refractivity contribution in [2.45, 2.75) is 33.2 Å². The highest BCUT2D eigenvalue weighted by Gasteiger charge is 2.10. The molecular weight excluding hydrogens is 190 g/mol. The minimum Gasteiger partial charge on any atom is -0.317 e. The molecule has 0 radical (unpaired) electrons. The first-order valence-electron chi connectivity index (χ1n) is 5.55. The number of nitrogens with one attached hydrogen (secondary N) is 1. The molecule has 84 valence electrons. The summed E-state index contributed by atoms with van der Waals surface area (Å²) in [6.07, 6.45) is 3.23. The topological polar surface area (TPSA) is 46.9 Å². The molecule has 0 aliphatic heterocycles. The van der Waals surface area contributed by atoms with Crippen molar-refractivity contribution >= 4 is 5.78 Å². The second-order valence-corrected chi connectivity index (χ2v) is 3.47. The van der Waals surface area contributed by atoms with Crippen molar-refractivity contribution in [1.29, 1.82) is 0 Å². The number of aryl methyl sites for hydroxylation is 1. The molecule has 4 heteroatoms. The van der Waals surface area contributed by atoms with E-state index in [1.54, 1.807) is 16.9 Å². The predicted octanol–water partition coefficient (Wildman–Crippen LogP) is 1.48. The standard InChI is InChI=1S/C11H19N3O/c1-3-9-14-10(5-8-13-14)11(15)6-7-12-4-2/h5,8,12H,3-4,6-7,9H2,1-2H3. The zero-order chi connectivity index (χ0) is 11.1. The number of rotatable bonds is 7. The van der Waals surface area contributed by atoms with E-state index >= 15 is 0 Å². The molecule has 1 heterocycles. The van der Waals surface area contributed by atoms with Crippen LogP contribution in [0.2, 0.25) is 0 Å². The van der Waals surface area contributed by atoms with Gasteiger partial charge in [-0.3, -0.25) is 9.48 Å². The van der Waals surface area contributed by atoms with E-state index in [0.29, 0.717) is 6.42 Å². The van der Waals surface area contributed by atoms with Crippen molar-refractivity contribution < 1.29 is 4.79 Å². The van der Waals surface area contributed by atoms with Crippen LogP contribution in [0.3, 0.4) is 0 Å². The van der Waals surface area contributed by atoms with Crippen LogP contribution in [0.1, 0.15) is 37.2 Å². The highest BCUT2D eigenvalue weighted by Crippen LogP contribution is 2.03. The zero-order valence-corrected chi connectivity index (χ0v) is 9.49. The van der Waals surface area contributed by atoms with E-state index in [2.05, 4.69) is 17.3 Å². The number of carbonyl (C=O) groups excluding carboxylic acids is 1. The summed E-state index contributed by atoms with van der Waals surface area (Å²) >= 11 is 0. The van der Waals surface area contributed by atoms with Crippen LogP contribution in [0.4, 0.5) is 0 Å². The van der Waals surface area contributed by atoms with Crippen molar-refractivity contribution in [2.75, 3.05) is 13.1 Å². The van der Waals surface area contributed by atoms with E-state index < -0.39 is 0 Å². The van der Waals surface area contributed by atoms with Gasteiger partial charge in [0.2, 0.25) is 0 Å². The third kappa shape index (κ3) is 3.47. The smallest absolute Gasteiger partial charge is 0.182 e. The summed E-state index contributed by atoms with van der Waals surface area (Å²) in [4.78, 5) is 11.8. The normalized spacial score (nSPS) is 10.5. The maximum Gasteiger partial charge on any atom is 0.182 e. The lowest BCUT2D eigenvalue weighted by atomic mass is 10.2. The van der Waals surface area contributed by atoms with Crippen molar-refractivity contribution in [2.24, 2.45) is 0 Å². The third-order valence-corrected chi connectivity index (χ3v) is 2.22. The van der Waals surface area contributed by atoms with E-state index in [4.69, 9.17) is 0 Å². The van der Waals surface area contributed by atoms with E-state index in [1.165, 1.54) is 0 Å². The Morgan fingerprint density at radius 1 is 1.53 bits per heavy atom. The Bertz CT molecular complexity index is 307. The first kappa shape index (κ1) is 11.9. The Hall–Kier alpha value is -1.16. The summed E-state index contributed by atoms with van der Waals surface area (Å²) in [5.74, 6) is 0.168. The number of carbonyl (C=O) groups is 1. The van der Waals surface area contributed by atoms with Crippen molar-refractivity contribution in [3.05, 3.63) is 18.0 Å². The summed E-state index contributed by atoms with van der Waals surface area (Å²) in [7, 11) is 0. The van der Waals surface area contributed by atoms with Crippen LogP contribution in [-0.4, -0.2) is 28.7 Å². The number of aromatic nitrogens is 2. The van der Waals surface area contributed by atoms with Crippen LogP contribution in [0.25, 0.3) is 0 Å². The molecule has 0 saturated heterocycles. The maximum atomic E-state index is 11.8. The van der Waals surface area contributed by atoms with E-state index in [0.717, 1.165) is 31.7 Å². The minimum atomic E-state index is 0.168. The maximum absolute atomic E-state index is 11.8. The highest BCUT2D eigenvalue weighted by atomic mass is 16.1. The molecule has 4 nitrogen and oxygen atoms in total. The molecule has 1 rings (SSSR count). The van der Waals surface area contributed by atoms with Crippen LogP contribution in [0, 0.1) is 0 Å². The SMILES string of the molecule is CCCn1nccc1C(=O)CCNCC. The molecule has 0 fully saturated rings. The quantitative estimate of drug-likeness (QED) is 0.546. The predicted molar refractivity (Wildman–Crippen MR) is 60.0 cm³/mol. The molecule has 0 atom stereocenters. The largest absolute Gasteiger partial charge is 0.317 e. The van der Waals surface area contributed by atoms with Gasteiger partial charge in [0.15, 0.2) is 5.78 Å². The first-order valence-corrected chi connectivity index (χ1v) is 5.55. The Labute approximate surface area is 90.7 Å². The first-order chi connectivity index (χ1) is 7.29. The van der Waals surface area contributed by atoms with E-state index in [-0.39, 0.29) is 5.78 Å². The van der Waals surface area contributed by atoms with Gasteiger partial charge in [-0.1, -0.05) is 13.8 Å². The summed E-state index contributed by atoms with van der Waals surface area (Å²) in [6, 6.07) is 1.80. The van der Waals surface area contributed by atoms with Gasteiger partial charge in [-0.25, -0.2) is 0 Å². The monoisotopic (exact) mass is 209 g/mol. The van der Waals surface area contributed by atoms with Crippen molar-refractivity contribution in [3.8, 4) is 0 Å². The average Bonchev–Trinajstić information content (AvgIpc) is 2.67. The molecule has 0 unspecified atom stereocenters. The van der Waals surface area contributed by atoms with Crippen LogP contribution < -0.4 is 5.32 Å². The van der Waals surface area contributed by atoms with Gasteiger partial charge in [0.25, 0.3) is 0 Å². The lowest BCUT2D eigenvalue weighted by Crippen LogP contribution is -2.19. The number of nitrogens with zero attached hydrogens (tertiary/aromatic N) is 2. The van der Waals surface area contributed by atoms with E-state index in [1.807, 2.05) is 6.92 Å². The molecule has 1 aromatic heterocycles. The molecule has 1 N–H and O–H groups in total. The number of hydrogen-bond donors (Lipinski definition) is 1. The van der Waals surface area contributed by atoms with Crippen LogP contribution in [-0.2, 0) is 6.54 Å². The lowest BCUT2D eigenvalue weighted by Gasteiger charge is -2.05. The fourth-order valence-corrected chi connectivity index (χ4v) is 1.47. The Balaban J connectivity index is 2.53. The van der Waals surface area contributed by atoms with Crippen LogP contribution >= 0.6 is 0 Å². The van der Waals surface area contributed by atoms with Gasteiger partial charge in [0.1, 0.15) is 5.69 Å². The Morgan fingerprint density at radius 2 is 2.33 bits per heavy atom. The molecule has 0 amide bonds. The molecule has 0 spiro atoms. The molecule has 0 bridgehead atoms. The Morgan fingerprint density at radius 3 is 3.00 bits per heavy atom. The van der Waals surface area contributed by atoms with E-state index in [9.17, 15) is 4.79 Å². The fourth-order valence-electron chi connectivity index (χ4n) is 1.47. The summed E-state index contributed by atoms with van der Waals surface area (Å²) < 4.78 is 1.79. The van der Waals surface area contributed by atoms with Gasteiger partial charge in [0, 0.05) is 25.7 Å². The van der Waals surface area contributed by atoms with Gasteiger partial charge in [-0.15, -0.1) is 0 Å². The van der Waals surface area contributed by atoms with Gasteiger partial charge < -0.3 is 5.32 Å². The third-order valence-electron chi connectivity index (χ3n) is 2.22. The molecule has 0 aromatic carbocycles. The van der Waals surface area contributed by atoms with Gasteiger partial charge in [-0.05, 0) is 19.0 Å². The molecule has 0 aliphatic carbocycles. The number of hydrogen-bond acceptors (Lipinski definition) is 3. The molecule has 0 saturated carbocycles. The molecule has 15 heavy (non-hydrogen) atoms. The second kappa shape index (κ2) is 6.35. The van der Waals surface area contributed by atoms with Gasteiger partial charge in [-0.2, -0.15) is 5.10 Å². The molecule has 1 aromatic rings. The minimum absolute atomic E-state index is 0.168. The van der Waals surface area contributed by atoms with Gasteiger partial charge in [0.05, 0.1) is 0 Å². The van der Waals surface area contributed by atoms with Crippen LogP contribution in [0.5, 0.6) is 0 Å². The van der Waals surface area contributed by atoms with Crippen molar-refractivity contribution in [1.82, 2.24) is 15.1 Å². The molecular formula is C11H19N3O. The Kier molecular flexibility index (Phi) is 5.04. The highest BCUT2D eigenvalue weighted by molar-refractivity contribution is 5.94. The lowest BCUT2D eigenvalue weighted by molar-refractivity contribution is 0.0972. The number of ketones is 1. The average molecular weight is 209 g/mol. The van der Waals surface area contributed by atoms with Crippen molar-refractivity contribution in [3.63, 3.8) is 0 Å². The number of Topliss-reactive ketones (excluding diaryl/α,β-unsaturated/α-hetero) is 1. The summed E-state index contributed by atoms with van der Waals surface area (Å²) in [5.41, 5.74) is 0.731. The molecule has 0 aliphatic rings.